The van der Waals surface area contributed by atoms with Gasteiger partial charge in [-0.3, -0.25) is 9.69 Å². The third-order valence-electron chi connectivity index (χ3n) is 4.86. The molecule has 3 rings (SSSR count). The summed E-state index contributed by atoms with van der Waals surface area (Å²) >= 11 is 0. The molecule has 25 heavy (non-hydrogen) atoms. The third-order valence-corrected chi connectivity index (χ3v) is 4.86. The first kappa shape index (κ1) is 17.3. The molecule has 0 saturated heterocycles. The zero-order chi connectivity index (χ0) is 18.0. The van der Waals surface area contributed by atoms with E-state index in [1.54, 1.807) is 11.8 Å². The topological polar surface area (TPSA) is 59.0 Å². The van der Waals surface area contributed by atoms with E-state index in [0.717, 1.165) is 30.7 Å². The van der Waals surface area contributed by atoms with Crippen LogP contribution in [-0.4, -0.2) is 27.1 Å². The molecular weight excluding hydrogens is 312 g/mol. The van der Waals surface area contributed by atoms with Crippen molar-refractivity contribution in [2.24, 2.45) is 0 Å². The first-order valence-electron chi connectivity index (χ1n) is 8.76. The van der Waals surface area contributed by atoms with E-state index < -0.39 is 0 Å². The molecule has 0 spiro atoms. The lowest BCUT2D eigenvalue weighted by atomic mass is 9.97. The van der Waals surface area contributed by atoms with Gasteiger partial charge in [-0.05, 0) is 49.8 Å². The lowest BCUT2D eigenvalue weighted by Gasteiger charge is -2.29. The van der Waals surface area contributed by atoms with Gasteiger partial charge in [0.15, 0.2) is 0 Å². The number of nitrogens with zero attached hydrogens (tertiary/aromatic N) is 4. The Morgan fingerprint density at radius 3 is 2.64 bits per heavy atom. The fraction of sp³-hybridized carbons (Fsp3) is 0.400. The summed E-state index contributed by atoms with van der Waals surface area (Å²) in [5, 5.41) is 8.32. The zero-order valence-electron chi connectivity index (χ0n) is 15.3. The minimum Gasteiger partial charge on any atom is -0.276 e. The molecule has 0 bridgehead atoms. The number of carbonyl (C=O) groups is 1. The quantitative estimate of drug-likeness (QED) is 0.836. The Morgan fingerprint density at radius 1 is 1.20 bits per heavy atom. The van der Waals surface area contributed by atoms with Crippen LogP contribution in [0, 0.1) is 13.8 Å². The fourth-order valence-corrected chi connectivity index (χ4v) is 3.33. The second-order valence-electron chi connectivity index (χ2n) is 6.53. The van der Waals surface area contributed by atoms with Gasteiger partial charge in [0.1, 0.15) is 0 Å². The number of hydrogen-bond donors (Lipinski definition) is 0. The van der Waals surface area contributed by atoms with Gasteiger partial charge in [-0.15, -0.1) is 5.10 Å². The number of fused-ring (bicyclic) bond motifs is 1. The summed E-state index contributed by atoms with van der Waals surface area (Å²) in [6.45, 7) is 7.42. The summed E-state index contributed by atoms with van der Waals surface area (Å²) in [4.78, 5) is 18.5. The van der Waals surface area contributed by atoms with Gasteiger partial charge in [0, 0.05) is 13.0 Å². The number of amides is 1. The monoisotopic (exact) mass is 336 g/mol. The highest BCUT2D eigenvalue weighted by Crippen LogP contribution is 2.32. The van der Waals surface area contributed by atoms with E-state index in [1.807, 2.05) is 13.8 Å². The molecule has 1 atom stereocenters. The van der Waals surface area contributed by atoms with E-state index in [4.69, 9.17) is 0 Å². The van der Waals surface area contributed by atoms with Crippen molar-refractivity contribution in [1.29, 1.82) is 0 Å². The standard InChI is InChI=1S/C20H24N4O/c1-5-18(12-17-11-10-16-8-6-7-9-19(16)17)24(15(4)25)20-21-13(2)14(3)22-23-20/h6-9,11,18H,5,10,12H2,1-4H3/t18-/m1/s1. The lowest BCUT2D eigenvalue weighted by molar-refractivity contribution is -0.117. The van der Waals surface area contributed by atoms with Crippen molar-refractivity contribution in [3.8, 4) is 0 Å². The first-order valence-corrected chi connectivity index (χ1v) is 8.76. The van der Waals surface area contributed by atoms with Gasteiger partial charge in [0.25, 0.3) is 5.95 Å². The predicted molar refractivity (Wildman–Crippen MR) is 99.3 cm³/mol. The number of rotatable bonds is 5. The van der Waals surface area contributed by atoms with Crippen molar-refractivity contribution in [1.82, 2.24) is 15.2 Å². The van der Waals surface area contributed by atoms with Crippen LogP contribution in [0.4, 0.5) is 5.95 Å². The van der Waals surface area contributed by atoms with Crippen LogP contribution in [0.15, 0.2) is 30.3 Å². The largest absolute Gasteiger partial charge is 0.276 e. The van der Waals surface area contributed by atoms with Gasteiger partial charge in [-0.1, -0.05) is 37.3 Å². The number of hydrogen-bond acceptors (Lipinski definition) is 4. The van der Waals surface area contributed by atoms with Crippen LogP contribution in [0.25, 0.3) is 5.57 Å². The van der Waals surface area contributed by atoms with Crippen molar-refractivity contribution < 1.29 is 4.79 Å². The predicted octanol–water partition coefficient (Wildman–Crippen LogP) is 3.65. The van der Waals surface area contributed by atoms with E-state index in [1.165, 1.54) is 16.7 Å². The Morgan fingerprint density at radius 2 is 1.96 bits per heavy atom. The Bertz CT molecular complexity index is 828. The van der Waals surface area contributed by atoms with Crippen molar-refractivity contribution >= 4 is 17.4 Å². The van der Waals surface area contributed by atoms with Crippen molar-refractivity contribution in [3.05, 3.63) is 52.9 Å². The van der Waals surface area contributed by atoms with Gasteiger partial charge in [0.05, 0.1) is 11.4 Å². The number of carbonyl (C=O) groups excluding carboxylic acids is 1. The average molecular weight is 336 g/mol. The third kappa shape index (κ3) is 3.45. The van der Waals surface area contributed by atoms with E-state index in [2.05, 4.69) is 52.4 Å². The van der Waals surface area contributed by atoms with Crippen LogP contribution < -0.4 is 4.90 Å². The highest BCUT2D eigenvalue weighted by Gasteiger charge is 2.27. The smallest absolute Gasteiger partial charge is 0.252 e. The average Bonchev–Trinajstić information content (AvgIpc) is 3.00. The van der Waals surface area contributed by atoms with Crippen LogP contribution in [0.5, 0.6) is 0 Å². The van der Waals surface area contributed by atoms with Crippen LogP contribution in [-0.2, 0) is 11.2 Å². The summed E-state index contributed by atoms with van der Waals surface area (Å²) in [7, 11) is 0. The summed E-state index contributed by atoms with van der Waals surface area (Å²) in [6, 6.07) is 8.48. The van der Waals surface area contributed by atoms with E-state index in [9.17, 15) is 4.79 Å². The molecule has 1 aromatic heterocycles. The molecule has 0 fully saturated rings. The molecule has 2 aromatic rings. The summed E-state index contributed by atoms with van der Waals surface area (Å²) in [5.41, 5.74) is 5.53. The number of benzene rings is 1. The van der Waals surface area contributed by atoms with Gasteiger partial charge >= 0.3 is 0 Å². The van der Waals surface area contributed by atoms with Gasteiger partial charge in [0.2, 0.25) is 5.91 Å². The molecule has 1 aromatic carbocycles. The molecule has 5 heteroatoms. The maximum absolute atomic E-state index is 12.4. The minimum absolute atomic E-state index is 0.0128. The maximum atomic E-state index is 12.4. The Balaban J connectivity index is 1.89. The summed E-state index contributed by atoms with van der Waals surface area (Å²) in [5.74, 6) is 0.345. The zero-order valence-corrected chi connectivity index (χ0v) is 15.3. The van der Waals surface area contributed by atoms with Gasteiger partial charge in [-0.2, -0.15) is 5.10 Å². The van der Waals surface area contributed by atoms with Crippen molar-refractivity contribution in [2.45, 2.75) is 53.0 Å². The molecule has 0 N–H and O–H groups in total. The maximum Gasteiger partial charge on any atom is 0.252 e. The molecule has 1 heterocycles. The SMILES string of the molecule is CC[C@H](CC1=CCc2ccccc21)N(C(C)=O)c1nnc(C)c(C)n1. The van der Waals surface area contributed by atoms with Crippen molar-refractivity contribution in [3.63, 3.8) is 0 Å². The van der Waals surface area contributed by atoms with E-state index >= 15 is 0 Å². The molecule has 0 saturated carbocycles. The van der Waals surface area contributed by atoms with Crippen LogP contribution >= 0.6 is 0 Å². The molecule has 1 aliphatic carbocycles. The normalized spacial score (nSPS) is 14.0. The van der Waals surface area contributed by atoms with Crippen LogP contribution in [0.3, 0.4) is 0 Å². The van der Waals surface area contributed by atoms with Crippen molar-refractivity contribution in [2.75, 3.05) is 4.90 Å². The molecule has 1 amide bonds. The molecule has 5 nitrogen and oxygen atoms in total. The van der Waals surface area contributed by atoms with Crippen LogP contribution in [0.1, 0.15) is 49.2 Å². The number of anilines is 1. The molecule has 0 aliphatic heterocycles. The Labute approximate surface area is 148 Å². The van der Waals surface area contributed by atoms with Gasteiger partial charge in [-0.25, -0.2) is 4.98 Å². The highest BCUT2D eigenvalue weighted by atomic mass is 16.2. The van der Waals surface area contributed by atoms with E-state index in [-0.39, 0.29) is 11.9 Å². The molecule has 0 unspecified atom stereocenters. The molecular formula is C20H24N4O. The summed E-state index contributed by atoms with van der Waals surface area (Å²) < 4.78 is 0. The van der Waals surface area contributed by atoms with Gasteiger partial charge < -0.3 is 0 Å². The molecule has 130 valence electrons. The Hall–Kier alpha value is -2.56. The second-order valence-corrected chi connectivity index (χ2v) is 6.53. The summed E-state index contributed by atoms with van der Waals surface area (Å²) in [6.07, 6.45) is 4.85. The number of allylic oxidation sites excluding steroid dienone is 1. The molecule has 1 aliphatic rings. The second kappa shape index (κ2) is 7.13. The lowest BCUT2D eigenvalue weighted by Crippen LogP contribution is -2.40. The highest BCUT2D eigenvalue weighted by molar-refractivity contribution is 5.90. The van der Waals surface area contributed by atoms with Crippen LogP contribution in [0.2, 0.25) is 0 Å². The fourth-order valence-electron chi connectivity index (χ4n) is 3.33. The number of aryl methyl sites for hydroxylation is 2. The van der Waals surface area contributed by atoms with E-state index in [0.29, 0.717) is 5.95 Å². The number of aromatic nitrogens is 3. The first-order chi connectivity index (χ1) is 12.0. The Kier molecular flexibility index (Phi) is 4.93. The minimum atomic E-state index is -0.0521. The molecule has 0 radical (unpaired) electrons.